The Bertz CT molecular complexity index is 1080. The molecular weight excluding hydrogens is 648 g/mol. The van der Waals surface area contributed by atoms with Crippen molar-refractivity contribution in [1.29, 1.82) is 0 Å². The average Bonchev–Trinajstić information content (AvgIpc) is 3.98. The Hall–Kier alpha value is 0.916. The van der Waals surface area contributed by atoms with E-state index in [9.17, 15) is 5.11 Å². The first kappa shape index (κ1) is 45.3. The van der Waals surface area contributed by atoms with Crippen LogP contribution in [-0.4, -0.2) is 55.3 Å². The van der Waals surface area contributed by atoms with Crippen LogP contribution in [0.3, 0.4) is 0 Å². The number of allylic oxidation sites excluding steroid dienone is 4. The minimum Gasteiger partial charge on any atom is -0.870 e. The van der Waals surface area contributed by atoms with Gasteiger partial charge in [0.05, 0.1) is 33.0 Å². The molecule has 0 spiro atoms. The van der Waals surface area contributed by atoms with E-state index >= 15 is 0 Å². The zero-order chi connectivity index (χ0) is 34.6. The van der Waals surface area contributed by atoms with Gasteiger partial charge in [-0.15, -0.1) is 0 Å². The van der Waals surface area contributed by atoms with Gasteiger partial charge in [0.1, 0.15) is 0 Å². The van der Waals surface area contributed by atoms with Gasteiger partial charge in [-0.1, -0.05) is 78.7 Å². The maximum absolute atomic E-state index is 9.97. The predicted molar refractivity (Wildman–Crippen MR) is 201 cm³/mol. The summed E-state index contributed by atoms with van der Waals surface area (Å²) in [5.74, 6) is 9.97. The van der Waals surface area contributed by atoms with Crippen LogP contribution in [0.4, 0.5) is 0 Å². The van der Waals surface area contributed by atoms with Crippen molar-refractivity contribution in [3.8, 4) is 0 Å². The largest absolute Gasteiger partial charge is 1.00 e. The maximum Gasteiger partial charge on any atom is 1.00 e. The van der Waals surface area contributed by atoms with E-state index < -0.39 is 0 Å². The SMILES string of the molecule is C1CO1.CC(C)C1=CC2CCC3C(C(C)CCC3(C)CO)C2CC1.CC(C)C1=CC2CCC3C(C(C)CCC3(C)COCCO)C2CC1.[K+].[OH-]. The summed E-state index contributed by atoms with van der Waals surface area (Å²) in [4.78, 5) is 0. The molecule has 0 aromatic heterocycles. The van der Waals surface area contributed by atoms with Crippen LogP contribution in [0.1, 0.15) is 132 Å². The van der Waals surface area contributed by atoms with Crippen molar-refractivity contribution in [3.05, 3.63) is 23.3 Å². The van der Waals surface area contributed by atoms with E-state index in [2.05, 4.69) is 72.3 Å². The number of hydrogen-bond donors (Lipinski definition) is 2. The van der Waals surface area contributed by atoms with Crippen molar-refractivity contribution in [2.24, 2.45) is 81.8 Å². The second kappa shape index (κ2) is 20.2. The molecule has 50 heavy (non-hydrogen) atoms. The number of hydrogen-bond acceptors (Lipinski definition) is 5. The molecule has 6 aliphatic carbocycles. The molecule has 5 fully saturated rings. The molecule has 0 aromatic rings. The van der Waals surface area contributed by atoms with E-state index in [4.69, 9.17) is 9.84 Å². The fraction of sp³-hybridized carbons (Fsp3) is 0.909. The summed E-state index contributed by atoms with van der Waals surface area (Å²) in [7, 11) is 0. The Morgan fingerprint density at radius 1 is 0.720 bits per heavy atom. The fourth-order valence-electron chi connectivity index (χ4n) is 12.2. The Morgan fingerprint density at radius 2 is 1.16 bits per heavy atom. The molecule has 0 bridgehead atoms. The van der Waals surface area contributed by atoms with Gasteiger partial charge >= 0.3 is 51.4 Å². The maximum atomic E-state index is 9.97. The van der Waals surface area contributed by atoms with E-state index in [1.807, 2.05) is 0 Å². The normalized spacial score (nSPS) is 41.4. The molecule has 12 unspecified atom stereocenters. The number of ether oxygens (including phenoxy) is 2. The number of epoxide rings is 1. The van der Waals surface area contributed by atoms with Gasteiger partial charge in [-0.05, 0) is 159 Å². The minimum absolute atomic E-state index is 0. The second-order valence-corrected chi connectivity index (χ2v) is 18.9. The predicted octanol–water partition coefficient (Wildman–Crippen LogP) is 6.96. The van der Waals surface area contributed by atoms with Crippen LogP contribution in [0, 0.1) is 81.8 Å². The third-order valence-electron chi connectivity index (χ3n) is 15.2. The molecule has 7 rings (SSSR count). The number of aliphatic hydroxyl groups excluding tert-OH is 2. The summed E-state index contributed by atoms with van der Waals surface area (Å²) in [6, 6.07) is 0. The Morgan fingerprint density at radius 3 is 1.56 bits per heavy atom. The molecule has 0 amide bonds. The summed E-state index contributed by atoms with van der Waals surface area (Å²) < 4.78 is 10.3. The van der Waals surface area contributed by atoms with Gasteiger partial charge in [0.2, 0.25) is 0 Å². The van der Waals surface area contributed by atoms with Gasteiger partial charge in [0.15, 0.2) is 0 Å². The van der Waals surface area contributed by atoms with Crippen molar-refractivity contribution in [2.45, 2.75) is 132 Å². The summed E-state index contributed by atoms with van der Waals surface area (Å²) >= 11 is 0. The molecule has 3 N–H and O–H groups in total. The first-order valence-corrected chi connectivity index (χ1v) is 20.7. The summed E-state index contributed by atoms with van der Waals surface area (Å²) in [5.41, 5.74) is 3.94. The average molecular weight is 725 g/mol. The van der Waals surface area contributed by atoms with Gasteiger partial charge < -0.3 is 25.2 Å². The quantitative estimate of drug-likeness (QED) is 0.128. The zero-order valence-corrected chi connectivity index (χ0v) is 37.1. The standard InChI is InChI=1S/C22H38O2.C20H34O.C2H4O.K.H2O/c1-15(2)17-5-7-19-18(13-17)6-8-20-21(19)16(3)9-10-22(20,4)14-24-12-11-23;1-13(2)15-5-7-17-16(11-15)6-8-18-19(17)14(3)9-10-20(18,4)12-21;1-2-3-1;;/h13,15-16,18-21,23H,5-12,14H2,1-4H3;11,13-14,16-19,21H,5-10,12H2,1-4H3;1-2H2;;1H2/q;;;+1;/p-1. The monoisotopic (exact) mass is 725 g/mol. The van der Waals surface area contributed by atoms with Crippen molar-refractivity contribution >= 4 is 0 Å². The van der Waals surface area contributed by atoms with Gasteiger partial charge in [-0.2, -0.15) is 0 Å². The molecular formula is C44H77KO5. The molecule has 12 atom stereocenters. The van der Waals surface area contributed by atoms with Crippen LogP contribution in [0.15, 0.2) is 23.3 Å². The van der Waals surface area contributed by atoms with Crippen LogP contribution in [0.5, 0.6) is 0 Å². The van der Waals surface area contributed by atoms with Crippen molar-refractivity contribution in [2.75, 3.05) is 39.6 Å². The van der Waals surface area contributed by atoms with Gasteiger partial charge in [-0.25, -0.2) is 0 Å². The minimum atomic E-state index is 0. The molecule has 1 saturated heterocycles. The van der Waals surface area contributed by atoms with E-state index in [0.717, 1.165) is 90.8 Å². The van der Waals surface area contributed by atoms with Crippen LogP contribution in [-0.2, 0) is 9.47 Å². The molecule has 1 heterocycles. The molecule has 0 aromatic carbocycles. The summed E-state index contributed by atoms with van der Waals surface area (Å²) in [6.45, 7) is 23.1. The molecule has 4 saturated carbocycles. The summed E-state index contributed by atoms with van der Waals surface area (Å²) in [5, 5.41) is 19.0. The van der Waals surface area contributed by atoms with Crippen molar-refractivity contribution < 1.29 is 76.5 Å². The van der Waals surface area contributed by atoms with Crippen LogP contribution < -0.4 is 51.4 Å². The van der Waals surface area contributed by atoms with Crippen LogP contribution >= 0.6 is 0 Å². The molecule has 1 aliphatic heterocycles. The summed E-state index contributed by atoms with van der Waals surface area (Å²) in [6.07, 6.45) is 21.5. The molecule has 5 nitrogen and oxygen atoms in total. The van der Waals surface area contributed by atoms with Crippen molar-refractivity contribution in [1.82, 2.24) is 0 Å². The number of rotatable bonds is 7. The second-order valence-electron chi connectivity index (χ2n) is 18.9. The van der Waals surface area contributed by atoms with Crippen LogP contribution in [0.25, 0.3) is 0 Å². The Labute approximate surface area is 350 Å². The Balaban J connectivity index is 0.000000241. The van der Waals surface area contributed by atoms with E-state index in [0.29, 0.717) is 18.6 Å². The van der Waals surface area contributed by atoms with E-state index in [-0.39, 0.29) is 68.9 Å². The Kier molecular flexibility index (Phi) is 18.3. The van der Waals surface area contributed by atoms with E-state index in [1.165, 1.54) is 77.0 Å². The topological polar surface area (TPSA) is 92.2 Å². The first-order valence-electron chi connectivity index (χ1n) is 20.7. The third-order valence-corrected chi connectivity index (χ3v) is 15.2. The molecule has 0 radical (unpaired) electrons. The molecule has 284 valence electrons. The van der Waals surface area contributed by atoms with Crippen LogP contribution in [0.2, 0.25) is 0 Å². The van der Waals surface area contributed by atoms with Gasteiger partial charge in [0.25, 0.3) is 0 Å². The van der Waals surface area contributed by atoms with Gasteiger partial charge in [-0.3, -0.25) is 0 Å². The third kappa shape index (κ3) is 10.6. The zero-order valence-electron chi connectivity index (χ0n) is 34.0. The number of fused-ring (bicyclic) bond motifs is 6. The fourth-order valence-corrected chi connectivity index (χ4v) is 12.2. The molecule has 7 aliphatic rings. The number of aliphatic hydroxyl groups is 2. The molecule has 6 heteroatoms. The first-order chi connectivity index (χ1) is 22.9. The van der Waals surface area contributed by atoms with Gasteiger partial charge in [0, 0.05) is 6.61 Å². The van der Waals surface area contributed by atoms with E-state index in [1.54, 1.807) is 11.1 Å². The smallest absolute Gasteiger partial charge is 0.870 e. The van der Waals surface area contributed by atoms with Crippen molar-refractivity contribution in [3.63, 3.8) is 0 Å².